The molecule has 0 aromatic rings. The molecule has 12 heavy (non-hydrogen) atoms. The molecule has 0 aliphatic carbocycles. The summed E-state index contributed by atoms with van der Waals surface area (Å²) in [5.74, 6) is -0.219. The molecule has 0 aromatic carbocycles. The summed E-state index contributed by atoms with van der Waals surface area (Å²) in [7, 11) is -3.20. The molecule has 0 aliphatic heterocycles. The van der Waals surface area contributed by atoms with Gasteiger partial charge in [-0.2, -0.15) is 0 Å². The monoisotopic (exact) mass is 195 g/mol. The van der Waals surface area contributed by atoms with Crippen LogP contribution in [-0.2, 0) is 10.0 Å². The number of rotatable bonds is 5. The maximum absolute atomic E-state index is 11.2. The van der Waals surface area contributed by atoms with Crippen molar-refractivity contribution in [1.29, 1.82) is 0 Å². The van der Waals surface area contributed by atoms with Crippen LogP contribution in [0.3, 0.4) is 0 Å². The zero-order chi connectivity index (χ0) is 9.78. The highest BCUT2D eigenvalue weighted by molar-refractivity contribution is 7.89. The summed E-state index contributed by atoms with van der Waals surface area (Å²) < 4.78 is 24.8. The van der Waals surface area contributed by atoms with Gasteiger partial charge in [0.2, 0.25) is 10.0 Å². The minimum absolute atomic E-state index is 0.0122. The predicted octanol–water partition coefficient (Wildman–Crippen LogP) is -0.0574. The Kier molecular flexibility index (Phi) is 4.74. The van der Waals surface area contributed by atoms with E-state index in [0.717, 1.165) is 0 Å². The number of hydrogen-bond donors (Lipinski definition) is 2. The molecular formula is C7H17NO3S. The molecule has 0 saturated carbocycles. The van der Waals surface area contributed by atoms with E-state index in [1.165, 1.54) is 0 Å². The second-order valence-electron chi connectivity index (χ2n) is 3.34. The average molecular weight is 195 g/mol. The first-order valence-corrected chi connectivity index (χ1v) is 5.63. The van der Waals surface area contributed by atoms with Gasteiger partial charge in [-0.05, 0) is 19.8 Å². The van der Waals surface area contributed by atoms with Crippen LogP contribution in [0.15, 0.2) is 0 Å². The van der Waals surface area contributed by atoms with Crippen molar-refractivity contribution in [3.05, 3.63) is 0 Å². The lowest BCUT2D eigenvalue weighted by Crippen LogP contribution is -2.34. The SMILES string of the molecule is CC(CO)CS(=O)(=O)NC(C)C. The summed E-state index contributed by atoms with van der Waals surface area (Å²) in [6.07, 6.45) is 0. The average Bonchev–Trinajstić information content (AvgIpc) is 1.83. The van der Waals surface area contributed by atoms with Crippen LogP contribution in [0.1, 0.15) is 20.8 Å². The Labute approximate surface area is 74.0 Å². The van der Waals surface area contributed by atoms with Gasteiger partial charge >= 0.3 is 0 Å². The minimum Gasteiger partial charge on any atom is -0.396 e. The molecule has 0 amide bonds. The second-order valence-corrected chi connectivity index (χ2v) is 5.14. The summed E-state index contributed by atoms with van der Waals surface area (Å²) in [6.45, 7) is 5.13. The van der Waals surface area contributed by atoms with Crippen molar-refractivity contribution in [1.82, 2.24) is 4.72 Å². The van der Waals surface area contributed by atoms with E-state index in [1.807, 2.05) is 0 Å². The summed E-state index contributed by atoms with van der Waals surface area (Å²) in [5, 5.41) is 8.64. The van der Waals surface area contributed by atoms with E-state index in [-0.39, 0.29) is 24.3 Å². The lowest BCUT2D eigenvalue weighted by Gasteiger charge is -2.12. The molecule has 0 rings (SSSR count). The van der Waals surface area contributed by atoms with Crippen LogP contribution in [0.4, 0.5) is 0 Å². The molecule has 1 atom stereocenters. The molecule has 0 saturated heterocycles. The molecule has 5 heteroatoms. The Hall–Kier alpha value is -0.130. The van der Waals surface area contributed by atoms with Crippen LogP contribution in [0.5, 0.6) is 0 Å². The first-order chi connectivity index (χ1) is 5.37. The Morgan fingerprint density at radius 1 is 1.33 bits per heavy atom. The fourth-order valence-electron chi connectivity index (χ4n) is 0.835. The molecule has 74 valence electrons. The Morgan fingerprint density at radius 3 is 2.17 bits per heavy atom. The van der Waals surface area contributed by atoms with Gasteiger partial charge < -0.3 is 5.11 Å². The fraction of sp³-hybridized carbons (Fsp3) is 1.00. The van der Waals surface area contributed by atoms with Crippen molar-refractivity contribution in [2.45, 2.75) is 26.8 Å². The molecule has 2 N–H and O–H groups in total. The van der Waals surface area contributed by atoms with Crippen molar-refractivity contribution in [3.8, 4) is 0 Å². The van der Waals surface area contributed by atoms with Crippen molar-refractivity contribution < 1.29 is 13.5 Å². The lowest BCUT2D eigenvalue weighted by molar-refractivity contribution is 0.249. The van der Waals surface area contributed by atoms with E-state index in [1.54, 1.807) is 20.8 Å². The molecule has 0 aromatic heterocycles. The minimum atomic E-state index is -3.20. The van der Waals surface area contributed by atoms with Crippen molar-refractivity contribution in [2.24, 2.45) is 5.92 Å². The third-order valence-corrected chi connectivity index (χ3v) is 3.07. The van der Waals surface area contributed by atoms with Crippen molar-refractivity contribution in [2.75, 3.05) is 12.4 Å². The number of aliphatic hydroxyl groups excluding tert-OH is 1. The summed E-state index contributed by atoms with van der Waals surface area (Å²) in [4.78, 5) is 0. The summed E-state index contributed by atoms with van der Waals surface area (Å²) in [5.41, 5.74) is 0. The van der Waals surface area contributed by atoms with Gasteiger partial charge in [0.15, 0.2) is 0 Å². The molecule has 0 bridgehead atoms. The van der Waals surface area contributed by atoms with Gasteiger partial charge in [0.1, 0.15) is 0 Å². The van der Waals surface area contributed by atoms with Gasteiger partial charge in [-0.25, -0.2) is 13.1 Å². The Bertz CT molecular complexity index is 211. The first-order valence-electron chi connectivity index (χ1n) is 3.98. The number of sulfonamides is 1. The molecule has 4 nitrogen and oxygen atoms in total. The van der Waals surface area contributed by atoms with Crippen LogP contribution in [0, 0.1) is 5.92 Å². The maximum Gasteiger partial charge on any atom is 0.212 e. The van der Waals surface area contributed by atoms with Gasteiger partial charge in [-0.3, -0.25) is 0 Å². The number of nitrogens with one attached hydrogen (secondary N) is 1. The van der Waals surface area contributed by atoms with Crippen LogP contribution in [-0.4, -0.2) is 31.9 Å². The number of aliphatic hydroxyl groups is 1. The molecule has 0 spiro atoms. The van der Waals surface area contributed by atoms with E-state index in [0.29, 0.717) is 0 Å². The smallest absolute Gasteiger partial charge is 0.212 e. The van der Waals surface area contributed by atoms with E-state index in [4.69, 9.17) is 5.11 Å². The Balaban J connectivity index is 4.05. The zero-order valence-electron chi connectivity index (χ0n) is 7.74. The highest BCUT2D eigenvalue weighted by Crippen LogP contribution is 1.98. The van der Waals surface area contributed by atoms with Gasteiger partial charge in [0.25, 0.3) is 0 Å². The Morgan fingerprint density at radius 2 is 1.83 bits per heavy atom. The van der Waals surface area contributed by atoms with Crippen LogP contribution in [0.2, 0.25) is 0 Å². The van der Waals surface area contributed by atoms with Crippen LogP contribution < -0.4 is 4.72 Å². The van der Waals surface area contributed by atoms with Gasteiger partial charge in [-0.1, -0.05) is 6.92 Å². The predicted molar refractivity (Wildman–Crippen MR) is 48.3 cm³/mol. The second kappa shape index (κ2) is 4.79. The quantitative estimate of drug-likeness (QED) is 0.646. The van der Waals surface area contributed by atoms with E-state index in [2.05, 4.69) is 4.72 Å². The van der Waals surface area contributed by atoms with Crippen molar-refractivity contribution in [3.63, 3.8) is 0 Å². The summed E-state index contributed by atoms with van der Waals surface area (Å²) >= 11 is 0. The topological polar surface area (TPSA) is 66.4 Å². The third kappa shape index (κ3) is 5.51. The lowest BCUT2D eigenvalue weighted by atomic mass is 10.2. The van der Waals surface area contributed by atoms with Gasteiger partial charge in [0, 0.05) is 12.6 Å². The third-order valence-electron chi connectivity index (χ3n) is 1.23. The largest absolute Gasteiger partial charge is 0.396 e. The standard InChI is InChI=1S/C7H17NO3S/c1-6(2)8-12(10,11)5-7(3)4-9/h6-9H,4-5H2,1-3H3. The number of hydrogen-bond acceptors (Lipinski definition) is 3. The van der Waals surface area contributed by atoms with E-state index in [9.17, 15) is 8.42 Å². The van der Waals surface area contributed by atoms with Crippen LogP contribution >= 0.6 is 0 Å². The van der Waals surface area contributed by atoms with E-state index < -0.39 is 10.0 Å². The highest BCUT2D eigenvalue weighted by atomic mass is 32.2. The molecule has 0 aliphatic rings. The zero-order valence-corrected chi connectivity index (χ0v) is 8.56. The molecule has 0 radical (unpaired) electrons. The molecule has 0 fully saturated rings. The maximum atomic E-state index is 11.2. The summed E-state index contributed by atoms with van der Waals surface area (Å²) in [6, 6.07) is -0.0825. The van der Waals surface area contributed by atoms with Gasteiger partial charge in [-0.15, -0.1) is 0 Å². The van der Waals surface area contributed by atoms with E-state index >= 15 is 0 Å². The van der Waals surface area contributed by atoms with Gasteiger partial charge in [0.05, 0.1) is 5.75 Å². The van der Waals surface area contributed by atoms with Crippen LogP contribution in [0.25, 0.3) is 0 Å². The molecule has 0 heterocycles. The first kappa shape index (κ1) is 11.9. The normalized spacial score (nSPS) is 15.1. The fourth-order valence-corrected chi connectivity index (χ4v) is 2.50. The molecule has 1 unspecified atom stereocenters. The highest BCUT2D eigenvalue weighted by Gasteiger charge is 2.15. The molecular weight excluding hydrogens is 178 g/mol. The van der Waals surface area contributed by atoms with Crippen molar-refractivity contribution >= 4 is 10.0 Å².